The standard InChI is InChI=1S/C23H23NO5/c1-15(21(25)24-11-5-6-12-24)28-22(26)17-9-10-19-18(13-17)14-20(29-23(19)27)16-7-3-2-4-8-16/h2-4,7-10,13,15,20H,5-6,11-12,14H2,1H3. The van der Waals surface area contributed by atoms with E-state index < -0.39 is 24.1 Å². The summed E-state index contributed by atoms with van der Waals surface area (Å²) in [6.45, 7) is 3.02. The van der Waals surface area contributed by atoms with Crippen molar-refractivity contribution in [2.24, 2.45) is 0 Å². The molecule has 2 unspecified atom stereocenters. The summed E-state index contributed by atoms with van der Waals surface area (Å²) in [5.41, 5.74) is 2.42. The number of nitrogens with zero attached hydrogens (tertiary/aromatic N) is 1. The van der Waals surface area contributed by atoms with Crippen molar-refractivity contribution in [1.29, 1.82) is 0 Å². The van der Waals surface area contributed by atoms with E-state index in [-0.39, 0.29) is 5.91 Å². The number of hydrogen-bond acceptors (Lipinski definition) is 5. The first kappa shape index (κ1) is 19.2. The number of carbonyl (C=O) groups excluding carboxylic acids is 3. The summed E-state index contributed by atoms with van der Waals surface area (Å²) in [4.78, 5) is 39.1. The van der Waals surface area contributed by atoms with Crippen LogP contribution in [0.2, 0.25) is 0 Å². The van der Waals surface area contributed by atoms with E-state index in [0.717, 1.165) is 24.0 Å². The van der Waals surface area contributed by atoms with E-state index in [1.54, 1.807) is 30.0 Å². The monoisotopic (exact) mass is 393 g/mol. The molecule has 0 radical (unpaired) electrons. The zero-order valence-corrected chi connectivity index (χ0v) is 16.3. The van der Waals surface area contributed by atoms with Crippen LogP contribution in [0.3, 0.4) is 0 Å². The van der Waals surface area contributed by atoms with Crippen molar-refractivity contribution in [3.8, 4) is 0 Å². The van der Waals surface area contributed by atoms with Crippen molar-refractivity contribution in [3.05, 3.63) is 70.8 Å². The first-order valence-electron chi connectivity index (χ1n) is 9.91. The Hall–Kier alpha value is -3.15. The average Bonchev–Trinajstić information content (AvgIpc) is 3.28. The summed E-state index contributed by atoms with van der Waals surface area (Å²) in [7, 11) is 0. The Morgan fingerprint density at radius 1 is 1.10 bits per heavy atom. The van der Waals surface area contributed by atoms with Gasteiger partial charge in [-0.15, -0.1) is 0 Å². The number of cyclic esters (lactones) is 1. The molecule has 2 aromatic carbocycles. The van der Waals surface area contributed by atoms with Gasteiger partial charge in [0.05, 0.1) is 11.1 Å². The number of hydrogen-bond donors (Lipinski definition) is 0. The highest BCUT2D eigenvalue weighted by atomic mass is 16.6. The Kier molecular flexibility index (Phi) is 5.34. The van der Waals surface area contributed by atoms with Gasteiger partial charge in [-0.25, -0.2) is 9.59 Å². The van der Waals surface area contributed by atoms with E-state index >= 15 is 0 Å². The van der Waals surface area contributed by atoms with Gasteiger partial charge < -0.3 is 14.4 Å². The Morgan fingerprint density at radius 3 is 2.55 bits per heavy atom. The first-order chi connectivity index (χ1) is 14.0. The van der Waals surface area contributed by atoms with Crippen molar-refractivity contribution in [1.82, 2.24) is 4.90 Å². The maximum Gasteiger partial charge on any atom is 0.339 e. The molecule has 6 heteroatoms. The number of likely N-dealkylation sites (tertiary alicyclic amines) is 1. The lowest BCUT2D eigenvalue weighted by Gasteiger charge is -2.25. The molecule has 0 spiro atoms. The molecule has 6 nitrogen and oxygen atoms in total. The summed E-state index contributed by atoms with van der Waals surface area (Å²) >= 11 is 0. The van der Waals surface area contributed by atoms with Gasteiger partial charge in [0.15, 0.2) is 6.10 Å². The van der Waals surface area contributed by atoms with Gasteiger partial charge in [0, 0.05) is 19.5 Å². The van der Waals surface area contributed by atoms with Crippen molar-refractivity contribution in [3.63, 3.8) is 0 Å². The van der Waals surface area contributed by atoms with E-state index in [1.165, 1.54) is 0 Å². The average molecular weight is 393 g/mol. The van der Waals surface area contributed by atoms with Crippen LogP contribution in [-0.2, 0) is 20.7 Å². The van der Waals surface area contributed by atoms with Gasteiger partial charge in [-0.2, -0.15) is 0 Å². The highest BCUT2D eigenvalue weighted by Crippen LogP contribution is 2.31. The van der Waals surface area contributed by atoms with Crippen LogP contribution >= 0.6 is 0 Å². The van der Waals surface area contributed by atoms with Gasteiger partial charge in [0.1, 0.15) is 6.10 Å². The predicted octanol–water partition coefficient (Wildman–Crippen LogP) is 3.31. The molecular weight excluding hydrogens is 370 g/mol. The molecule has 0 saturated carbocycles. The number of amides is 1. The number of esters is 2. The largest absolute Gasteiger partial charge is 0.454 e. The van der Waals surface area contributed by atoms with Gasteiger partial charge in [-0.3, -0.25) is 4.79 Å². The second-order valence-corrected chi connectivity index (χ2v) is 7.46. The van der Waals surface area contributed by atoms with Crippen molar-refractivity contribution in [2.45, 2.75) is 38.4 Å². The van der Waals surface area contributed by atoms with Crippen molar-refractivity contribution in [2.75, 3.05) is 13.1 Å². The number of carbonyl (C=O) groups is 3. The van der Waals surface area contributed by atoms with Crippen molar-refractivity contribution < 1.29 is 23.9 Å². The fourth-order valence-corrected chi connectivity index (χ4v) is 3.85. The van der Waals surface area contributed by atoms with Gasteiger partial charge in [0.25, 0.3) is 5.91 Å². The first-order valence-corrected chi connectivity index (χ1v) is 9.91. The highest BCUT2D eigenvalue weighted by molar-refractivity contribution is 5.96. The quantitative estimate of drug-likeness (QED) is 0.745. The molecule has 0 bridgehead atoms. The van der Waals surface area contributed by atoms with Gasteiger partial charge >= 0.3 is 11.9 Å². The summed E-state index contributed by atoms with van der Waals surface area (Å²) in [5.74, 6) is -1.14. The molecule has 0 aromatic heterocycles. The molecule has 2 atom stereocenters. The van der Waals surface area contributed by atoms with Gasteiger partial charge in [-0.05, 0) is 49.1 Å². The lowest BCUT2D eigenvalue weighted by Crippen LogP contribution is -2.38. The minimum atomic E-state index is -0.835. The smallest absolute Gasteiger partial charge is 0.339 e. The summed E-state index contributed by atoms with van der Waals surface area (Å²) in [6, 6.07) is 14.3. The SMILES string of the molecule is CC(OC(=O)c1ccc2c(c1)CC(c1ccccc1)OC2=O)C(=O)N1CCCC1. The third kappa shape index (κ3) is 4.01. The molecule has 0 N–H and O–H groups in total. The lowest BCUT2D eigenvalue weighted by atomic mass is 9.93. The van der Waals surface area contributed by atoms with Gasteiger partial charge in [0.2, 0.25) is 0 Å². The molecular formula is C23H23NO5. The van der Waals surface area contributed by atoms with Crippen LogP contribution in [0.1, 0.15) is 57.7 Å². The molecule has 29 heavy (non-hydrogen) atoms. The molecule has 1 amide bonds. The Balaban J connectivity index is 1.49. The molecule has 2 aliphatic heterocycles. The van der Waals surface area contributed by atoms with E-state index in [1.807, 2.05) is 30.3 Å². The Morgan fingerprint density at radius 2 is 1.83 bits per heavy atom. The number of ether oxygens (including phenoxy) is 2. The summed E-state index contributed by atoms with van der Waals surface area (Å²) in [6.07, 6.45) is 1.22. The second kappa shape index (κ2) is 8.07. The van der Waals surface area contributed by atoms with Crippen molar-refractivity contribution >= 4 is 17.8 Å². The van der Waals surface area contributed by atoms with E-state index in [4.69, 9.17) is 9.47 Å². The number of fused-ring (bicyclic) bond motifs is 1. The predicted molar refractivity (Wildman–Crippen MR) is 105 cm³/mol. The fourth-order valence-electron chi connectivity index (χ4n) is 3.85. The molecule has 1 saturated heterocycles. The van der Waals surface area contributed by atoms with Crippen LogP contribution in [0.4, 0.5) is 0 Å². The fraction of sp³-hybridized carbons (Fsp3) is 0.348. The third-order valence-corrected chi connectivity index (χ3v) is 5.44. The number of benzene rings is 2. The Labute approximate surface area is 169 Å². The lowest BCUT2D eigenvalue weighted by molar-refractivity contribution is -0.138. The van der Waals surface area contributed by atoms with Crippen LogP contribution in [0.25, 0.3) is 0 Å². The van der Waals surface area contributed by atoms with Crippen LogP contribution in [0.5, 0.6) is 0 Å². The molecule has 4 rings (SSSR count). The van der Waals surface area contributed by atoms with E-state index in [2.05, 4.69) is 0 Å². The maximum atomic E-state index is 12.6. The van der Waals surface area contributed by atoms with Crippen LogP contribution < -0.4 is 0 Å². The topological polar surface area (TPSA) is 72.9 Å². The van der Waals surface area contributed by atoms with Crippen LogP contribution in [-0.4, -0.2) is 41.9 Å². The molecule has 2 aliphatic rings. The van der Waals surface area contributed by atoms with Crippen LogP contribution in [0.15, 0.2) is 48.5 Å². The summed E-state index contributed by atoms with van der Waals surface area (Å²) < 4.78 is 10.9. The zero-order chi connectivity index (χ0) is 20.4. The zero-order valence-electron chi connectivity index (χ0n) is 16.3. The maximum absolute atomic E-state index is 12.6. The minimum absolute atomic E-state index is 0.165. The van der Waals surface area contributed by atoms with E-state index in [9.17, 15) is 14.4 Å². The molecule has 1 fully saturated rings. The van der Waals surface area contributed by atoms with Gasteiger partial charge in [-0.1, -0.05) is 30.3 Å². The molecule has 0 aliphatic carbocycles. The molecule has 2 aromatic rings. The normalized spacial score (nSPS) is 19.3. The Bertz CT molecular complexity index is 934. The molecule has 2 heterocycles. The minimum Gasteiger partial charge on any atom is -0.454 e. The number of rotatable bonds is 4. The second-order valence-electron chi connectivity index (χ2n) is 7.46. The van der Waals surface area contributed by atoms with E-state index in [0.29, 0.717) is 30.6 Å². The third-order valence-electron chi connectivity index (χ3n) is 5.44. The van der Waals surface area contributed by atoms with Crippen LogP contribution in [0, 0.1) is 0 Å². The highest BCUT2D eigenvalue weighted by Gasteiger charge is 2.30. The summed E-state index contributed by atoms with van der Waals surface area (Å²) in [5, 5.41) is 0. The molecule has 150 valence electrons.